The molecule has 0 saturated carbocycles. The molecule has 2 saturated heterocycles. The number of carbonyl (C=O) groups excluding carboxylic acids is 2. The second kappa shape index (κ2) is 11.4. The molecule has 0 aliphatic carbocycles. The third-order valence-electron chi connectivity index (χ3n) is 6.75. The summed E-state index contributed by atoms with van der Waals surface area (Å²) in [4.78, 5) is 34.2. The number of carbonyl (C=O) groups is 2. The molecule has 2 aliphatic rings. The van der Waals surface area contributed by atoms with Crippen LogP contribution in [-0.4, -0.2) is 74.8 Å². The normalized spacial score (nSPS) is 21.1. The van der Waals surface area contributed by atoms with E-state index in [0.29, 0.717) is 54.7 Å². The number of pyridine rings is 1. The third-order valence-corrected chi connectivity index (χ3v) is 8.07. The van der Waals surface area contributed by atoms with Crippen molar-refractivity contribution in [3.8, 4) is 0 Å². The smallest absolute Gasteiger partial charge is 0.255 e. The predicted molar refractivity (Wildman–Crippen MR) is 143 cm³/mol. The molecule has 0 bridgehead atoms. The lowest BCUT2D eigenvalue weighted by Gasteiger charge is -2.37. The molecular formula is C26H33ClN4O5S. The van der Waals surface area contributed by atoms with Crippen molar-refractivity contribution in [3.05, 3.63) is 47.1 Å². The molecule has 3 heterocycles. The average molecular weight is 549 g/mol. The van der Waals surface area contributed by atoms with Crippen molar-refractivity contribution in [2.75, 3.05) is 42.7 Å². The third kappa shape index (κ3) is 7.00. The van der Waals surface area contributed by atoms with Crippen molar-refractivity contribution in [2.24, 2.45) is 5.92 Å². The van der Waals surface area contributed by atoms with Crippen molar-refractivity contribution in [2.45, 2.75) is 50.2 Å². The van der Waals surface area contributed by atoms with Gasteiger partial charge in [0.05, 0.1) is 22.8 Å². The summed E-state index contributed by atoms with van der Waals surface area (Å²) >= 11 is 6.03. The lowest BCUT2D eigenvalue weighted by Crippen LogP contribution is -2.49. The predicted octanol–water partition coefficient (Wildman–Crippen LogP) is 3.63. The van der Waals surface area contributed by atoms with Crippen LogP contribution in [0.5, 0.6) is 0 Å². The van der Waals surface area contributed by atoms with Crippen LogP contribution in [0.1, 0.15) is 43.5 Å². The largest absolute Gasteiger partial charge is 0.372 e. The van der Waals surface area contributed by atoms with Crippen LogP contribution in [-0.2, 0) is 19.4 Å². The highest BCUT2D eigenvalue weighted by molar-refractivity contribution is 7.90. The number of piperidine rings is 1. The summed E-state index contributed by atoms with van der Waals surface area (Å²) in [6, 6.07) is 7.96. The molecule has 0 spiro atoms. The number of hydrogen-bond acceptors (Lipinski definition) is 7. The maximum Gasteiger partial charge on any atom is 0.255 e. The van der Waals surface area contributed by atoms with E-state index in [9.17, 15) is 18.0 Å². The summed E-state index contributed by atoms with van der Waals surface area (Å²) in [7, 11) is -3.53. The van der Waals surface area contributed by atoms with Crippen molar-refractivity contribution in [1.29, 1.82) is 0 Å². The SMILES string of the molecule is CC1CN(C(=O)CC2CCN(c3ncc(S(C)(=O)=O)cc3NC(=O)c3cccc(Cl)c3)CC2)CC(C)O1. The van der Waals surface area contributed by atoms with Gasteiger partial charge in [0.2, 0.25) is 5.91 Å². The maximum absolute atomic E-state index is 12.9. The molecule has 1 aromatic heterocycles. The Kier molecular flexibility index (Phi) is 8.40. The Balaban J connectivity index is 1.46. The van der Waals surface area contributed by atoms with E-state index in [2.05, 4.69) is 10.3 Å². The van der Waals surface area contributed by atoms with Gasteiger partial charge in [-0.2, -0.15) is 0 Å². The molecular weight excluding hydrogens is 516 g/mol. The van der Waals surface area contributed by atoms with Crippen LogP contribution in [0.2, 0.25) is 5.02 Å². The van der Waals surface area contributed by atoms with E-state index in [-0.39, 0.29) is 28.9 Å². The Bertz CT molecular complexity index is 1250. The van der Waals surface area contributed by atoms with Crippen LogP contribution in [0.25, 0.3) is 0 Å². The number of nitrogens with zero attached hydrogens (tertiary/aromatic N) is 3. The van der Waals surface area contributed by atoms with Crippen LogP contribution >= 0.6 is 11.6 Å². The van der Waals surface area contributed by atoms with E-state index in [1.807, 2.05) is 23.6 Å². The zero-order valence-electron chi connectivity index (χ0n) is 21.3. The lowest BCUT2D eigenvalue weighted by atomic mass is 9.92. The number of sulfone groups is 1. The van der Waals surface area contributed by atoms with E-state index in [1.54, 1.807) is 24.3 Å². The van der Waals surface area contributed by atoms with Crippen LogP contribution < -0.4 is 10.2 Å². The summed E-state index contributed by atoms with van der Waals surface area (Å²) < 4.78 is 30.1. The minimum Gasteiger partial charge on any atom is -0.372 e. The first-order valence-corrected chi connectivity index (χ1v) is 14.7. The molecule has 2 unspecified atom stereocenters. The lowest BCUT2D eigenvalue weighted by molar-refractivity contribution is -0.144. The van der Waals surface area contributed by atoms with Gasteiger partial charge in [-0.15, -0.1) is 0 Å². The van der Waals surface area contributed by atoms with Crippen LogP contribution in [0.3, 0.4) is 0 Å². The number of morpholine rings is 1. The Labute approximate surface area is 223 Å². The number of halogens is 1. The fourth-order valence-corrected chi connectivity index (χ4v) is 5.68. The van der Waals surface area contributed by atoms with E-state index in [4.69, 9.17) is 16.3 Å². The molecule has 2 fully saturated rings. The van der Waals surface area contributed by atoms with Crippen molar-refractivity contribution < 1.29 is 22.7 Å². The average Bonchev–Trinajstić information content (AvgIpc) is 2.83. The van der Waals surface area contributed by atoms with Gasteiger partial charge in [0.15, 0.2) is 15.7 Å². The van der Waals surface area contributed by atoms with E-state index < -0.39 is 15.7 Å². The molecule has 0 radical (unpaired) electrons. The molecule has 4 rings (SSSR count). The summed E-state index contributed by atoms with van der Waals surface area (Å²) in [6.45, 7) is 6.49. The van der Waals surface area contributed by atoms with Gasteiger partial charge < -0.3 is 19.9 Å². The van der Waals surface area contributed by atoms with Gasteiger partial charge in [-0.1, -0.05) is 17.7 Å². The Hall–Kier alpha value is -2.69. The van der Waals surface area contributed by atoms with E-state index in [0.717, 1.165) is 19.1 Å². The molecule has 1 N–H and O–H groups in total. The summed E-state index contributed by atoms with van der Waals surface area (Å²) in [5, 5.41) is 3.24. The van der Waals surface area contributed by atoms with Crippen molar-refractivity contribution in [1.82, 2.24) is 9.88 Å². The maximum atomic E-state index is 12.9. The number of aromatic nitrogens is 1. The van der Waals surface area contributed by atoms with E-state index in [1.165, 1.54) is 12.3 Å². The molecule has 9 nitrogen and oxygen atoms in total. The molecule has 2 aromatic rings. The Morgan fingerprint density at radius 2 is 1.81 bits per heavy atom. The highest BCUT2D eigenvalue weighted by atomic mass is 35.5. The van der Waals surface area contributed by atoms with Crippen LogP contribution in [0.4, 0.5) is 11.5 Å². The van der Waals surface area contributed by atoms with Gasteiger partial charge >= 0.3 is 0 Å². The first kappa shape index (κ1) is 27.3. The summed E-state index contributed by atoms with van der Waals surface area (Å²) in [5.41, 5.74) is 0.672. The van der Waals surface area contributed by atoms with Gasteiger partial charge in [0.25, 0.3) is 5.91 Å². The Morgan fingerprint density at radius 3 is 2.43 bits per heavy atom. The number of anilines is 2. The Morgan fingerprint density at radius 1 is 1.14 bits per heavy atom. The zero-order valence-corrected chi connectivity index (χ0v) is 22.9. The second-order valence-electron chi connectivity index (χ2n) is 9.97. The van der Waals surface area contributed by atoms with Gasteiger partial charge in [-0.3, -0.25) is 9.59 Å². The first-order valence-electron chi connectivity index (χ1n) is 12.4. The zero-order chi connectivity index (χ0) is 26.7. The molecule has 2 aliphatic heterocycles. The summed E-state index contributed by atoms with van der Waals surface area (Å²) in [5.74, 6) is 0.497. The first-order chi connectivity index (χ1) is 17.5. The highest BCUT2D eigenvalue weighted by Gasteiger charge is 2.30. The second-order valence-corrected chi connectivity index (χ2v) is 12.4. The number of ether oxygens (including phenoxy) is 1. The van der Waals surface area contributed by atoms with E-state index >= 15 is 0 Å². The fourth-order valence-electron chi connectivity index (χ4n) is 4.92. The van der Waals surface area contributed by atoms with Crippen LogP contribution in [0, 0.1) is 5.92 Å². The minimum absolute atomic E-state index is 0.0205. The van der Waals surface area contributed by atoms with Gasteiger partial charge in [0, 0.05) is 55.6 Å². The quantitative estimate of drug-likeness (QED) is 0.587. The monoisotopic (exact) mass is 548 g/mol. The highest BCUT2D eigenvalue weighted by Crippen LogP contribution is 2.32. The number of rotatable bonds is 6. The van der Waals surface area contributed by atoms with Gasteiger partial charge in [-0.05, 0) is 56.9 Å². The van der Waals surface area contributed by atoms with Gasteiger partial charge in [-0.25, -0.2) is 13.4 Å². The van der Waals surface area contributed by atoms with Gasteiger partial charge in [0.1, 0.15) is 0 Å². The minimum atomic E-state index is -3.53. The molecule has 2 amide bonds. The number of amides is 2. The number of nitrogens with one attached hydrogen (secondary N) is 1. The summed E-state index contributed by atoms with van der Waals surface area (Å²) in [6.07, 6.45) is 4.57. The molecule has 37 heavy (non-hydrogen) atoms. The number of benzene rings is 1. The van der Waals surface area contributed by atoms with Crippen molar-refractivity contribution >= 4 is 44.8 Å². The van der Waals surface area contributed by atoms with Crippen LogP contribution in [0.15, 0.2) is 41.4 Å². The molecule has 200 valence electrons. The standard InChI is InChI=1S/C26H33ClN4O5S/c1-17-15-31(16-18(2)36-17)24(32)11-19-7-9-30(10-8-19)25-23(13-22(14-28-25)37(3,34)35)29-26(33)20-5-4-6-21(27)12-20/h4-6,12-14,17-19H,7-11,15-16H2,1-3H3,(H,29,33). The molecule has 11 heteroatoms. The fraction of sp³-hybridized carbons (Fsp3) is 0.500. The molecule has 1 aromatic carbocycles. The van der Waals surface area contributed by atoms with Crippen molar-refractivity contribution in [3.63, 3.8) is 0 Å². The molecule has 2 atom stereocenters. The number of hydrogen-bond donors (Lipinski definition) is 1. The topological polar surface area (TPSA) is 109 Å².